The highest BCUT2D eigenvalue weighted by Crippen LogP contribution is 2.19. The number of nitrogens with zero attached hydrogens (tertiary/aromatic N) is 2. The van der Waals surface area contributed by atoms with Crippen molar-refractivity contribution in [2.75, 3.05) is 13.1 Å². The van der Waals surface area contributed by atoms with E-state index < -0.39 is 4.92 Å². The van der Waals surface area contributed by atoms with Gasteiger partial charge in [-0.15, -0.1) is 0 Å². The smallest absolute Gasteiger partial charge is 0.287 e. The first kappa shape index (κ1) is 13.5. The van der Waals surface area contributed by atoms with Gasteiger partial charge in [-0.25, -0.2) is 0 Å². The van der Waals surface area contributed by atoms with Gasteiger partial charge in [-0.3, -0.25) is 14.9 Å². The molecule has 7 heteroatoms. The number of carbonyl (C=O) groups is 1. The van der Waals surface area contributed by atoms with Crippen LogP contribution in [0, 0.1) is 10.1 Å². The molecule has 0 saturated carbocycles. The molecule has 1 amide bonds. The fourth-order valence-electron chi connectivity index (χ4n) is 2.31. The van der Waals surface area contributed by atoms with E-state index in [-0.39, 0.29) is 17.1 Å². The number of amides is 1. The minimum absolute atomic E-state index is 0.0540. The minimum Gasteiger partial charge on any atom is -0.344 e. The summed E-state index contributed by atoms with van der Waals surface area (Å²) in [4.78, 5) is 22.5. The minimum atomic E-state index is -0.484. The van der Waals surface area contributed by atoms with Crippen LogP contribution in [0.25, 0.3) is 0 Å². The van der Waals surface area contributed by atoms with Crippen molar-refractivity contribution >= 4 is 11.6 Å². The van der Waals surface area contributed by atoms with Crippen LogP contribution in [-0.2, 0) is 6.54 Å². The zero-order valence-electron chi connectivity index (χ0n) is 11.1. The molecule has 2 rings (SSSR count). The molecule has 1 unspecified atom stereocenters. The van der Waals surface area contributed by atoms with Crippen molar-refractivity contribution < 1.29 is 9.72 Å². The summed E-state index contributed by atoms with van der Waals surface area (Å²) < 4.78 is 1.60. The molecule has 2 N–H and O–H groups in total. The van der Waals surface area contributed by atoms with Crippen LogP contribution >= 0.6 is 0 Å². The first-order chi connectivity index (χ1) is 8.95. The van der Waals surface area contributed by atoms with E-state index in [0.29, 0.717) is 18.8 Å². The number of nitrogens with one attached hydrogen (secondary N) is 2. The van der Waals surface area contributed by atoms with E-state index in [4.69, 9.17) is 0 Å². The summed E-state index contributed by atoms with van der Waals surface area (Å²) in [5.41, 5.74) is -0.00153. The molecular weight excluding hydrogens is 248 g/mol. The second-order valence-corrected chi connectivity index (χ2v) is 5.07. The van der Waals surface area contributed by atoms with Crippen LogP contribution in [0.15, 0.2) is 12.3 Å². The normalized spacial score (nSPS) is 22.4. The van der Waals surface area contributed by atoms with Gasteiger partial charge in [0.25, 0.3) is 11.6 Å². The van der Waals surface area contributed by atoms with Crippen LogP contribution in [0.5, 0.6) is 0 Å². The highest BCUT2D eigenvalue weighted by atomic mass is 16.6. The van der Waals surface area contributed by atoms with Gasteiger partial charge in [0, 0.05) is 19.2 Å². The van der Waals surface area contributed by atoms with E-state index in [0.717, 1.165) is 13.0 Å². The Morgan fingerprint density at radius 2 is 2.42 bits per heavy atom. The molecule has 104 valence electrons. The standard InChI is InChI=1S/C12H18N4O3/c1-3-15-7-9(16(18)19)6-10(15)11(17)14-12(2)4-5-13-8-12/h6-7,13H,3-5,8H2,1-2H3,(H,14,17). The molecule has 1 atom stereocenters. The third-order valence-electron chi connectivity index (χ3n) is 3.45. The summed E-state index contributed by atoms with van der Waals surface area (Å²) in [5.74, 6) is -0.263. The molecule has 2 heterocycles. The molecule has 1 fully saturated rings. The van der Waals surface area contributed by atoms with Crippen molar-refractivity contribution in [2.24, 2.45) is 0 Å². The predicted octanol–water partition coefficient (Wildman–Crippen LogP) is 0.898. The van der Waals surface area contributed by atoms with E-state index in [2.05, 4.69) is 10.6 Å². The van der Waals surface area contributed by atoms with Gasteiger partial charge in [0.15, 0.2) is 0 Å². The molecular formula is C12H18N4O3. The molecule has 0 aliphatic carbocycles. The molecule has 1 aliphatic rings. The monoisotopic (exact) mass is 266 g/mol. The molecule has 1 aromatic rings. The van der Waals surface area contributed by atoms with Gasteiger partial charge in [0.05, 0.1) is 16.7 Å². The Bertz CT molecular complexity index is 503. The number of hydrogen-bond donors (Lipinski definition) is 2. The Hall–Kier alpha value is -1.89. The predicted molar refractivity (Wildman–Crippen MR) is 70.1 cm³/mol. The van der Waals surface area contributed by atoms with Crippen molar-refractivity contribution in [1.29, 1.82) is 0 Å². The molecule has 1 aromatic heterocycles. The first-order valence-corrected chi connectivity index (χ1v) is 6.33. The maximum atomic E-state index is 12.2. The van der Waals surface area contributed by atoms with Crippen molar-refractivity contribution in [3.8, 4) is 0 Å². The van der Waals surface area contributed by atoms with Gasteiger partial charge in [-0.1, -0.05) is 0 Å². The first-order valence-electron chi connectivity index (χ1n) is 6.33. The lowest BCUT2D eigenvalue weighted by Gasteiger charge is -2.24. The Labute approximate surface area is 111 Å². The quantitative estimate of drug-likeness (QED) is 0.626. The highest BCUT2D eigenvalue weighted by molar-refractivity contribution is 5.94. The number of aryl methyl sites for hydroxylation is 1. The lowest BCUT2D eigenvalue weighted by Crippen LogP contribution is -2.47. The van der Waals surface area contributed by atoms with Crippen LogP contribution in [0.1, 0.15) is 30.8 Å². The van der Waals surface area contributed by atoms with Crippen molar-refractivity contribution in [3.05, 3.63) is 28.1 Å². The van der Waals surface area contributed by atoms with Gasteiger partial charge >= 0.3 is 0 Å². The lowest BCUT2D eigenvalue weighted by molar-refractivity contribution is -0.384. The van der Waals surface area contributed by atoms with Crippen LogP contribution < -0.4 is 10.6 Å². The summed E-state index contributed by atoms with van der Waals surface area (Å²) in [6, 6.07) is 1.32. The third-order valence-corrected chi connectivity index (χ3v) is 3.45. The van der Waals surface area contributed by atoms with Gasteiger partial charge in [-0.05, 0) is 26.8 Å². The average molecular weight is 266 g/mol. The average Bonchev–Trinajstić information content (AvgIpc) is 2.95. The van der Waals surface area contributed by atoms with Crippen LogP contribution in [0.2, 0.25) is 0 Å². The Balaban J connectivity index is 2.20. The van der Waals surface area contributed by atoms with E-state index in [1.807, 2.05) is 13.8 Å². The van der Waals surface area contributed by atoms with Crippen molar-refractivity contribution in [1.82, 2.24) is 15.2 Å². The van der Waals surface area contributed by atoms with Gasteiger partial charge in [0.1, 0.15) is 5.69 Å². The Morgan fingerprint density at radius 1 is 1.68 bits per heavy atom. The fourth-order valence-corrected chi connectivity index (χ4v) is 2.31. The van der Waals surface area contributed by atoms with E-state index >= 15 is 0 Å². The summed E-state index contributed by atoms with van der Waals surface area (Å²) >= 11 is 0. The van der Waals surface area contributed by atoms with Crippen LogP contribution in [0.4, 0.5) is 5.69 Å². The Kier molecular flexibility index (Phi) is 3.57. The molecule has 19 heavy (non-hydrogen) atoms. The number of aromatic nitrogens is 1. The van der Waals surface area contributed by atoms with Crippen molar-refractivity contribution in [2.45, 2.75) is 32.4 Å². The summed E-state index contributed by atoms with van der Waals surface area (Å²) in [6.45, 7) is 5.92. The maximum absolute atomic E-state index is 12.2. The molecule has 7 nitrogen and oxygen atoms in total. The zero-order valence-corrected chi connectivity index (χ0v) is 11.1. The van der Waals surface area contributed by atoms with Gasteiger partial charge in [-0.2, -0.15) is 0 Å². The molecule has 0 spiro atoms. The second-order valence-electron chi connectivity index (χ2n) is 5.07. The second kappa shape index (κ2) is 5.00. The fraction of sp³-hybridized carbons (Fsp3) is 0.583. The van der Waals surface area contributed by atoms with E-state index in [1.54, 1.807) is 4.57 Å². The van der Waals surface area contributed by atoms with Crippen LogP contribution in [0.3, 0.4) is 0 Å². The maximum Gasteiger partial charge on any atom is 0.287 e. The van der Waals surface area contributed by atoms with Crippen LogP contribution in [-0.4, -0.2) is 34.0 Å². The number of hydrogen-bond acceptors (Lipinski definition) is 4. The number of carbonyl (C=O) groups excluding carboxylic acids is 1. The summed E-state index contributed by atoms with van der Waals surface area (Å²) in [7, 11) is 0. The van der Waals surface area contributed by atoms with Gasteiger partial charge in [0.2, 0.25) is 0 Å². The molecule has 0 radical (unpaired) electrons. The van der Waals surface area contributed by atoms with Gasteiger partial charge < -0.3 is 15.2 Å². The molecule has 0 bridgehead atoms. The summed E-state index contributed by atoms with van der Waals surface area (Å²) in [6.07, 6.45) is 2.25. The highest BCUT2D eigenvalue weighted by Gasteiger charge is 2.31. The molecule has 1 saturated heterocycles. The Morgan fingerprint density at radius 3 is 2.95 bits per heavy atom. The van der Waals surface area contributed by atoms with E-state index in [1.165, 1.54) is 12.3 Å². The number of nitro groups is 1. The van der Waals surface area contributed by atoms with Crippen molar-refractivity contribution in [3.63, 3.8) is 0 Å². The lowest BCUT2D eigenvalue weighted by atomic mass is 10.0. The third kappa shape index (κ3) is 2.76. The topological polar surface area (TPSA) is 89.2 Å². The zero-order chi connectivity index (χ0) is 14.0. The number of rotatable bonds is 4. The largest absolute Gasteiger partial charge is 0.344 e. The molecule has 1 aliphatic heterocycles. The molecule has 0 aromatic carbocycles. The summed E-state index contributed by atoms with van der Waals surface area (Å²) in [5, 5.41) is 16.9. The SMILES string of the molecule is CCn1cc([N+](=O)[O-])cc1C(=O)NC1(C)CCNC1. The van der Waals surface area contributed by atoms with E-state index in [9.17, 15) is 14.9 Å².